The van der Waals surface area contributed by atoms with Crippen molar-refractivity contribution in [2.24, 2.45) is 5.73 Å². The van der Waals surface area contributed by atoms with Crippen LogP contribution in [0.1, 0.15) is 25.0 Å². The van der Waals surface area contributed by atoms with Gasteiger partial charge < -0.3 is 11.1 Å². The molecule has 3 nitrogen and oxygen atoms in total. The summed E-state index contributed by atoms with van der Waals surface area (Å²) >= 11 is 0. The Morgan fingerprint density at radius 1 is 1.50 bits per heavy atom. The molecule has 3 N–H and O–H groups in total. The first-order valence-corrected chi connectivity index (χ1v) is 5.20. The van der Waals surface area contributed by atoms with E-state index in [0.717, 1.165) is 17.8 Å². The molecule has 1 aromatic heterocycles. The van der Waals surface area contributed by atoms with Crippen molar-refractivity contribution < 1.29 is 0 Å². The van der Waals surface area contributed by atoms with Gasteiger partial charge in [0.25, 0.3) is 0 Å². The Morgan fingerprint density at radius 2 is 2.36 bits per heavy atom. The smallest absolute Gasteiger partial charge is 0.0412 e. The normalized spacial score (nSPS) is 26.4. The minimum absolute atomic E-state index is 0.309. The third kappa shape index (κ3) is 2.04. The first kappa shape index (κ1) is 9.46. The van der Waals surface area contributed by atoms with Crippen molar-refractivity contribution in [1.82, 2.24) is 4.98 Å². The summed E-state index contributed by atoms with van der Waals surface area (Å²) in [5.74, 6) is 0. The summed E-state index contributed by atoms with van der Waals surface area (Å²) < 4.78 is 0. The number of aromatic nitrogens is 1. The van der Waals surface area contributed by atoms with Crippen LogP contribution in [0.5, 0.6) is 0 Å². The van der Waals surface area contributed by atoms with Crippen LogP contribution < -0.4 is 11.1 Å². The molecule has 1 saturated carbocycles. The van der Waals surface area contributed by atoms with Gasteiger partial charge in [0, 0.05) is 29.7 Å². The molecular weight excluding hydrogens is 174 g/mol. The molecular formula is C11H17N3. The second-order valence-corrected chi connectivity index (χ2v) is 4.03. The number of nitrogens with two attached hydrogens (primary N) is 1. The average molecular weight is 191 g/mol. The molecule has 0 amide bonds. The van der Waals surface area contributed by atoms with E-state index in [0.29, 0.717) is 12.1 Å². The molecule has 3 heteroatoms. The lowest BCUT2D eigenvalue weighted by Gasteiger charge is -2.18. The van der Waals surface area contributed by atoms with Crippen molar-refractivity contribution in [3.8, 4) is 0 Å². The molecule has 0 bridgehead atoms. The molecule has 2 unspecified atom stereocenters. The number of nitrogens with one attached hydrogen (secondary N) is 1. The Kier molecular flexibility index (Phi) is 2.68. The summed E-state index contributed by atoms with van der Waals surface area (Å²) in [7, 11) is 0. The lowest BCUT2D eigenvalue weighted by atomic mass is 10.2. The van der Waals surface area contributed by atoms with E-state index >= 15 is 0 Å². The molecule has 2 atom stereocenters. The lowest BCUT2D eigenvalue weighted by Crippen LogP contribution is -2.35. The average Bonchev–Trinajstić information content (AvgIpc) is 2.52. The van der Waals surface area contributed by atoms with Crippen LogP contribution in [0.3, 0.4) is 0 Å². The second kappa shape index (κ2) is 3.96. The van der Waals surface area contributed by atoms with Gasteiger partial charge in [-0.2, -0.15) is 0 Å². The molecule has 1 aromatic rings. The molecule has 0 radical (unpaired) electrons. The maximum absolute atomic E-state index is 5.99. The van der Waals surface area contributed by atoms with Crippen LogP contribution in [-0.2, 0) is 0 Å². The third-order valence-electron chi connectivity index (χ3n) is 2.82. The molecule has 1 aliphatic rings. The fraction of sp³-hybridized carbons (Fsp3) is 0.545. The molecule has 0 spiro atoms. The number of pyridine rings is 1. The summed E-state index contributed by atoms with van der Waals surface area (Å²) in [6.45, 7) is 2.00. The van der Waals surface area contributed by atoms with Crippen molar-refractivity contribution in [3.05, 3.63) is 24.0 Å². The van der Waals surface area contributed by atoms with Crippen molar-refractivity contribution in [1.29, 1.82) is 0 Å². The van der Waals surface area contributed by atoms with E-state index in [2.05, 4.69) is 16.4 Å². The van der Waals surface area contributed by atoms with Gasteiger partial charge in [0.1, 0.15) is 0 Å². The Hall–Kier alpha value is -1.09. The number of hydrogen-bond donors (Lipinski definition) is 2. The predicted molar refractivity (Wildman–Crippen MR) is 58.2 cm³/mol. The SMILES string of the molecule is Cc1cc(NC2CCCC2N)ccn1. The number of aryl methyl sites for hydroxylation is 1. The number of nitrogens with zero attached hydrogens (tertiary/aromatic N) is 1. The van der Waals surface area contributed by atoms with E-state index in [1.54, 1.807) is 0 Å². The van der Waals surface area contributed by atoms with E-state index in [1.165, 1.54) is 12.8 Å². The topological polar surface area (TPSA) is 50.9 Å². The van der Waals surface area contributed by atoms with Gasteiger partial charge in [0.05, 0.1) is 0 Å². The number of hydrogen-bond acceptors (Lipinski definition) is 3. The fourth-order valence-electron chi connectivity index (χ4n) is 2.02. The maximum Gasteiger partial charge on any atom is 0.0412 e. The van der Waals surface area contributed by atoms with E-state index in [1.807, 2.05) is 19.2 Å². The molecule has 1 heterocycles. The quantitative estimate of drug-likeness (QED) is 0.747. The highest BCUT2D eigenvalue weighted by Crippen LogP contribution is 2.21. The molecule has 2 rings (SSSR count). The molecule has 0 aromatic carbocycles. The lowest BCUT2D eigenvalue weighted by molar-refractivity contribution is 0.638. The van der Waals surface area contributed by atoms with E-state index in [4.69, 9.17) is 5.73 Å². The third-order valence-corrected chi connectivity index (χ3v) is 2.82. The van der Waals surface area contributed by atoms with Gasteiger partial charge in [-0.05, 0) is 38.3 Å². The van der Waals surface area contributed by atoms with E-state index in [9.17, 15) is 0 Å². The van der Waals surface area contributed by atoms with Gasteiger partial charge in [-0.3, -0.25) is 4.98 Å². The van der Waals surface area contributed by atoms with Gasteiger partial charge in [0.2, 0.25) is 0 Å². The van der Waals surface area contributed by atoms with Gasteiger partial charge in [-0.1, -0.05) is 0 Å². The molecule has 1 aliphatic carbocycles. The first-order valence-electron chi connectivity index (χ1n) is 5.20. The molecule has 1 fully saturated rings. The van der Waals surface area contributed by atoms with Crippen LogP contribution in [0.25, 0.3) is 0 Å². The number of anilines is 1. The largest absolute Gasteiger partial charge is 0.381 e. The van der Waals surface area contributed by atoms with Crippen molar-refractivity contribution in [2.75, 3.05) is 5.32 Å². The highest BCUT2D eigenvalue weighted by Gasteiger charge is 2.23. The minimum atomic E-state index is 0.309. The molecule has 0 aliphatic heterocycles. The van der Waals surface area contributed by atoms with Crippen molar-refractivity contribution >= 4 is 5.69 Å². The van der Waals surface area contributed by atoms with Gasteiger partial charge >= 0.3 is 0 Å². The second-order valence-electron chi connectivity index (χ2n) is 4.03. The van der Waals surface area contributed by atoms with Crippen LogP contribution in [0, 0.1) is 6.92 Å². The maximum atomic E-state index is 5.99. The van der Waals surface area contributed by atoms with Crippen molar-refractivity contribution in [2.45, 2.75) is 38.3 Å². The fourth-order valence-corrected chi connectivity index (χ4v) is 2.02. The zero-order valence-corrected chi connectivity index (χ0v) is 8.53. The first-order chi connectivity index (χ1) is 6.75. The highest BCUT2D eigenvalue weighted by molar-refractivity contribution is 5.44. The van der Waals surface area contributed by atoms with Crippen LogP contribution in [-0.4, -0.2) is 17.1 Å². The van der Waals surface area contributed by atoms with Gasteiger partial charge in [0.15, 0.2) is 0 Å². The van der Waals surface area contributed by atoms with E-state index < -0.39 is 0 Å². The summed E-state index contributed by atoms with van der Waals surface area (Å²) in [5, 5.41) is 3.47. The summed E-state index contributed by atoms with van der Waals surface area (Å²) in [4.78, 5) is 4.16. The Morgan fingerprint density at radius 3 is 3.00 bits per heavy atom. The Bertz CT molecular complexity index is 311. The monoisotopic (exact) mass is 191 g/mol. The van der Waals surface area contributed by atoms with Gasteiger partial charge in [-0.15, -0.1) is 0 Å². The van der Waals surface area contributed by atoms with Crippen LogP contribution in [0.4, 0.5) is 5.69 Å². The Balaban J connectivity index is 2.03. The molecule has 14 heavy (non-hydrogen) atoms. The van der Waals surface area contributed by atoms with Crippen LogP contribution in [0.15, 0.2) is 18.3 Å². The molecule has 0 saturated heterocycles. The van der Waals surface area contributed by atoms with Crippen LogP contribution in [0.2, 0.25) is 0 Å². The summed E-state index contributed by atoms with van der Waals surface area (Å²) in [6.07, 6.45) is 5.39. The number of rotatable bonds is 2. The molecule has 76 valence electrons. The van der Waals surface area contributed by atoms with Crippen LogP contribution >= 0.6 is 0 Å². The standard InChI is InChI=1S/C11H17N3/c1-8-7-9(5-6-13-8)14-11-4-2-3-10(11)12/h5-7,10-11H,2-4,12H2,1H3,(H,13,14). The summed E-state index contributed by atoms with van der Waals surface area (Å²) in [6, 6.07) is 4.81. The summed E-state index contributed by atoms with van der Waals surface area (Å²) in [5.41, 5.74) is 8.17. The predicted octanol–water partition coefficient (Wildman–Crippen LogP) is 1.68. The van der Waals surface area contributed by atoms with Crippen molar-refractivity contribution in [3.63, 3.8) is 0 Å². The zero-order valence-electron chi connectivity index (χ0n) is 8.53. The minimum Gasteiger partial charge on any atom is -0.381 e. The highest BCUT2D eigenvalue weighted by atomic mass is 15.0. The van der Waals surface area contributed by atoms with E-state index in [-0.39, 0.29) is 0 Å². The Labute approximate surface area is 84.7 Å². The van der Waals surface area contributed by atoms with Gasteiger partial charge in [-0.25, -0.2) is 0 Å². The zero-order chi connectivity index (χ0) is 9.97.